The number of sulfonamides is 2. The molecule has 0 radical (unpaired) electrons. The van der Waals surface area contributed by atoms with E-state index < -0.39 is 32.5 Å². The smallest absolute Gasteiger partial charge is 0.243 e. The molecular weight excluding hydrogens is 460 g/mol. The average molecular weight is 491 g/mol. The minimum absolute atomic E-state index is 0.0340. The van der Waals surface area contributed by atoms with Crippen LogP contribution in [0.25, 0.3) is 0 Å². The summed E-state index contributed by atoms with van der Waals surface area (Å²) in [4.78, 5) is 12.5. The Labute approximate surface area is 189 Å². The van der Waals surface area contributed by atoms with Gasteiger partial charge in [0.1, 0.15) is 0 Å². The SMILES string of the molecule is CN(CC(=O)Nc1cc(S(=O)(=O)N2CCOCC2)ccc1NCC1CCCO1)S(C)(=O)=O. The highest BCUT2D eigenvalue weighted by atomic mass is 32.2. The molecule has 0 aromatic heterocycles. The molecule has 1 atom stereocenters. The van der Waals surface area contributed by atoms with E-state index in [1.165, 1.54) is 23.5 Å². The van der Waals surface area contributed by atoms with Crippen LogP contribution in [0.3, 0.4) is 0 Å². The summed E-state index contributed by atoms with van der Waals surface area (Å²) in [5, 5.41) is 5.85. The van der Waals surface area contributed by atoms with Crippen LogP contribution in [0.15, 0.2) is 23.1 Å². The normalized spacial score (nSPS) is 20.4. The van der Waals surface area contributed by atoms with E-state index in [-0.39, 0.29) is 29.8 Å². The Kier molecular flexibility index (Phi) is 8.11. The molecule has 3 rings (SSSR count). The molecule has 11 nitrogen and oxygen atoms in total. The molecule has 0 saturated carbocycles. The van der Waals surface area contributed by atoms with Crippen molar-refractivity contribution in [3.63, 3.8) is 0 Å². The second-order valence-electron chi connectivity index (χ2n) is 7.81. The number of anilines is 2. The first-order chi connectivity index (χ1) is 15.1. The lowest BCUT2D eigenvalue weighted by Gasteiger charge is -2.26. The number of rotatable bonds is 9. The third-order valence-electron chi connectivity index (χ3n) is 5.35. The summed E-state index contributed by atoms with van der Waals surface area (Å²) in [7, 11) is -6.02. The van der Waals surface area contributed by atoms with E-state index in [1.807, 2.05) is 0 Å². The van der Waals surface area contributed by atoms with Gasteiger partial charge in [-0.3, -0.25) is 4.79 Å². The van der Waals surface area contributed by atoms with Crippen molar-refractivity contribution in [2.24, 2.45) is 0 Å². The van der Waals surface area contributed by atoms with Gasteiger partial charge >= 0.3 is 0 Å². The maximum Gasteiger partial charge on any atom is 0.243 e. The first-order valence-electron chi connectivity index (χ1n) is 10.4. The summed E-state index contributed by atoms with van der Waals surface area (Å²) in [6.07, 6.45) is 2.93. The third-order valence-corrected chi connectivity index (χ3v) is 8.51. The minimum Gasteiger partial charge on any atom is -0.381 e. The van der Waals surface area contributed by atoms with E-state index in [9.17, 15) is 21.6 Å². The molecule has 1 aromatic carbocycles. The summed E-state index contributed by atoms with van der Waals surface area (Å²) < 4.78 is 62.4. The van der Waals surface area contributed by atoms with Crippen molar-refractivity contribution < 1.29 is 31.1 Å². The number of nitrogens with one attached hydrogen (secondary N) is 2. The first kappa shape index (κ1) is 24.9. The molecule has 1 amide bonds. The zero-order valence-electron chi connectivity index (χ0n) is 18.2. The van der Waals surface area contributed by atoms with Gasteiger partial charge < -0.3 is 20.1 Å². The van der Waals surface area contributed by atoms with Crippen LogP contribution in [-0.2, 0) is 34.3 Å². The molecule has 0 spiro atoms. The van der Waals surface area contributed by atoms with Crippen LogP contribution in [0, 0.1) is 0 Å². The average Bonchev–Trinajstić information content (AvgIpc) is 3.26. The molecule has 13 heteroatoms. The maximum absolute atomic E-state index is 13.0. The lowest BCUT2D eigenvalue weighted by atomic mass is 10.2. The van der Waals surface area contributed by atoms with E-state index in [0.29, 0.717) is 32.1 Å². The largest absolute Gasteiger partial charge is 0.381 e. The fourth-order valence-corrected chi connectivity index (χ4v) is 5.20. The quantitative estimate of drug-likeness (QED) is 0.499. The monoisotopic (exact) mass is 490 g/mol. The van der Waals surface area contributed by atoms with E-state index in [4.69, 9.17) is 9.47 Å². The Morgan fingerprint density at radius 2 is 1.88 bits per heavy atom. The highest BCUT2D eigenvalue weighted by Crippen LogP contribution is 2.28. The highest BCUT2D eigenvalue weighted by Gasteiger charge is 2.27. The number of carbonyl (C=O) groups is 1. The van der Waals surface area contributed by atoms with Crippen LogP contribution in [0.1, 0.15) is 12.8 Å². The van der Waals surface area contributed by atoms with E-state index in [1.54, 1.807) is 6.07 Å². The molecular formula is C19H30N4O7S2. The number of morpholine rings is 1. The Balaban J connectivity index is 1.83. The number of carbonyl (C=O) groups excluding carboxylic acids is 1. The summed E-state index contributed by atoms with van der Waals surface area (Å²) in [5.41, 5.74) is 0.779. The molecule has 2 aliphatic heterocycles. The Morgan fingerprint density at radius 1 is 1.16 bits per heavy atom. The Bertz CT molecular complexity index is 1020. The van der Waals surface area contributed by atoms with Gasteiger partial charge in [-0.15, -0.1) is 0 Å². The highest BCUT2D eigenvalue weighted by molar-refractivity contribution is 7.89. The van der Waals surface area contributed by atoms with E-state index in [2.05, 4.69) is 10.6 Å². The molecule has 1 aromatic rings. The molecule has 2 fully saturated rings. The minimum atomic E-state index is -3.77. The summed E-state index contributed by atoms with van der Waals surface area (Å²) in [6.45, 7) is 1.95. The van der Waals surface area contributed by atoms with E-state index in [0.717, 1.165) is 23.4 Å². The number of ether oxygens (including phenoxy) is 2. The maximum atomic E-state index is 13.0. The summed E-state index contributed by atoms with van der Waals surface area (Å²) in [6, 6.07) is 4.47. The standard InChI is InChI=1S/C19H30N4O7S2/c1-22(31(2,25)26)14-19(24)21-18-12-16(32(27,28)23-7-10-29-11-8-23)5-6-17(18)20-13-15-4-3-9-30-15/h5-6,12,15,20H,3-4,7-11,13-14H2,1-2H3,(H,21,24). The van der Waals surface area contributed by atoms with Gasteiger partial charge in [0.2, 0.25) is 26.0 Å². The van der Waals surface area contributed by atoms with Gasteiger partial charge in [0.05, 0.1) is 48.4 Å². The van der Waals surface area contributed by atoms with Crippen molar-refractivity contribution in [3.8, 4) is 0 Å². The lowest BCUT2D eigenvalue weighted by Crippen LogP contribution is -2.40. The molecule has 32 heavy (non-hydrogen) atoms. The fraction of sp³-hybridized carbons (Fsp3) is 0.632. The second kappa shape index (κ2) is 10.4. The fourth-order valence-electron chi connectivity index (χ4n) is 3.42. The number of amides is 1. The predicted octanol–water partition coefficient (Wildman–Crippen LogP) is 0.128. The van der Waals surface area contributed by atoms with Crippen molar-refractivity contribution >= 4 is 37.3 Å². The number of hydrogen-bond acceptors (Lipinski definition) is 8. The summed E-state index contributed by atoms with van der Waals surface area (Å²) >= 11 is 0. The number of likely N-dealkylation sites (N-methyl/N-ethyl adjacent to an activating group) is 1. The van der Waals surface area contributed by atoms with Crippen LogP contribution in [0.2, 0.25) is 0 Å². The zero-order chi connectivity index (χ0) is 23.4. The van der Waals surface area contributed by atoms with Gasteiger partial charge in [0, 0.05) is 33.3 Å². The van der Waals surface area contributed by atoms with E-state index >= 15 is 0 Å². The van der Waals surface area contributed by atoms with Crippen molar-refractivity contribution in [1.29, 1.82) is 0 Å². The Morgan fingerprint density at radius 3 is 2.50 bits per heavy atom. The lowest BCUT2D eigenvalue weighted by molar-refractivity contribution is -0.116. The number of nitrogens with zero attached hydrogens (tertiary/aromatic N) is 2. The van der Waals surface area contributed by atoms with Crippen molar-refractivity contribution in [3.05, 3.63) is 18.2 Å². The van der Waals surface area contributed by atoms with Crippen LogP contribution in [0.5, 0.6) is 0 Å². The molecule has 2 aliphatic rings. The van der Waals surface area contributed by atoms with Gasteiger partial charge in [-0.25, -0.2) is 16.8 Å². The van der Waals surface area contributed by atoms with Gasteiger partial charge in [-0.05, 0) is 31.0 Å². The van der Waals surface area contributed by atoms with Crippen LogP contribution < -0.4 is 10.6 Å². The number of hydrogen-bond donors (Lipinski definition) is 2. The topological polar surface area (TPSA) is 134 Å². The summed E-state index contributed by atoms with van der Waals surface area (Å²) in [5.74, 6) is -0.584. The first-order valence-corrected chi connectivity index (χ1v) is 13.6. The van der Waals surface area contributed by atoms with Crippen molar-refractivity contribution in [2.75, 3.05) is 69.9 Å². The molecule has 180 valence electrons. The molecule has 1 unspecified atom stereocenters. The van der Waals surface area contributed by atoms with Gasteiger partial charge in [-0.2, -0.15) is 8.61 Å². The Hall–Kier alpha value is -1.77. The van der Waals surface area contributed by atoms with Crippen LogP contribution >= 0.6 is 0 Å². The molecule has 0 aliphatic carbocycles. The predicted molar refractivity (Wildman–Crippen MR) is 120 cm³/mol. The second-order valence-corrected chi connectivity index (χ2v) is 11.8. The number of benzene rings is 1. The van der Waals surface area contributed by atoms with Crippen LogP contribution in [0.4, 0.5) is 11.4 Å². The van der Waals surface area contributed by atoms with Gasteiger partial charge in [-0.1, -0.05) is 0 Å². The molecule has 2 N–H and O–H groups in total. The van der Waals surface area contributed by atoms with Crippen molar-refractivity contribution in [2.45, 2.75) is 23.8 Å². The molecule has 2 heterocycles. The van der Waals surface area contributed by atoms with Crippen molar-refractivity contribution in [1.82, 2.24) is 8.61 Å². The molecule has 2 saturated heterocycles. The zero-order valence-corrected chi connectivity index (χ0v) is 19.9. The third kappa shape index (κ3) is 6.39. The van der Waals surface area contributed by atoms with Gasteiger partial charge in [0.25, 0.3) is 0 Å². The molecule has 0 bridgehead atoms. The van der Waals surface area contributed by atoms with Crippen LogP contribution in [-0.4, -0.2) is 96.8 Å². The van der Waals surface area contributed by atoms with Gasteiger partial charge in [0.15, 0.2) is 0 Å².